The summed E-state index contributed by atoms with van der Waals surface area (Å²) in [6.45, 7) is 0. The number of ether oxygens (including phenoxy) is 3. The number of hydrogen-bond donors (Lipinski definition) is 2. The summed E-state index contributed by atoms with van der Waals surface area (Å²) in [5.74, 6) is 1.08. The van der Waals surface area contributed by atoms with Crippen LogP contribution >= 0.6 is 0 Å². The van der Waals surface area contributed by atoms with Gasteiger partial charge in [0, 0.05) is 17.3 Å². The highest BCUT2D eigenvalue weighted by Gasteiger charge is 2.18. The van der Waals surface area contributed by atoms with Crippen LogP contribution in [0.4, 0.5) is 11.4 Å². The zero-order valence-electron chi connectivity index (χ0n) is 18.4. The van der Waals surface area contributed by atoms with E-state index in [4.69, 9.17) is 14.2 Å². The van der Waals surface area contributed by atoms with Crippen molar-refractivity contribution < 1.29 is 27.4 Å². The van der Waals surface area contributed by atoms with Gasteiger partial charge in [0.1, 0.15) is 17.2 Å². The second-order valence-corrected chi connectivity index (χ2v) is 8.44. The molecule has 0 bridgehead atoms. The Hall–Kier alpha value is -3.98. The van der Waals surface area contributed by atoms with Crippen LogP contribution < -0.4 is 24.2 Å². The van der Waals surface area contributed by atoms with E-state index in [2.05, 4.69) is 10.0 Å². The number of nitrogens with one attached hydrogen (secondary N) is 2. The summed E-state index contributed by atoms with van der Waals surface area (Å²) in [4.78, 5) is 12.5. The van der Waals surface area contributed by atoms with Crippen molar-refractivity contribution in [1.82, 2.24) is 0 Å². The molecular weight excluding hydrogens is 444 g/mol. The Morgan fingerprint density at radius 1 is 0.848 bits per heavy atom. The van der Waals surface area contributed by atoms with Gasteiger partial charge in [-0.15, -0.1) is 0 Å². The Morgan fingerprint density at radius 2 is 1.55 bits per heavy atom. The number of hydrogen-bond acceptors (Lipinski definition) is 6. The number of para-hydroxylation sites is 1. The van der Waals surface area contributed by atoms with Crippen LogP contribution in [0.15, 0.2) is 77.7 Å². The van der Waals surface area contributed by atoms with Gasteiger partial charge in [0.25, 0.3) is 10.0 Å². The minimum atomic E-state index is -3.91. The minimum Gasteiger partial charge on any atom is -0.497 e. The van der Waals surface area contributed by atoms with E-state index in [0.717, 1.165) is 5.56 Å². The molecule has 33 heavy (non-hydrogen) atoms. The first kappa shape index (κ1) is 23.7. The van der Waals surface area contributed by atoms with Crippen LogP contribution in [0.25, 0.3) is 6.08 Å². The van der Waals surface area contributed by atoms with Crippen molar-refractivity contribution >= 4 is 33.4 Å². The molecule has 3 rings (SSSR count). The molecule has 0 unspecified atom stereocenters. The summed E-state index contributed by atoms with van der Waals surface area (Å²) < 4.78 is 43.8. The number of carbonyl (C=O) groups excluding carboxylic acids is 1. The van der Waals surface area contributed by atoms with E-state index >= 15 is 0 Å². The lowest BCUT2D eigenvalue weighted by atomic mass is 10.2. The molecule has 172 valence electrons. The van der Waals surface area contributed by atoms with Gasteiger partial charge < -0.3 is 19.5 Å². The van der Waals surface area contributed by atoms with Crippen LogP contribution in [-0.2, 0) is 14.8 Å². The molecule has 0 fully saturated rings. The summed E-state index contributed by atoms with van der Waals surface area (Å²) in [5.41, 5.74) is 1.31. The van der Waals surface area contributed by atoms with Crippen molar-refractivity contribution in [3.8, 4) is 17.2 Å². The average molecular weight is 469 g/mol. The van der Waals surface area contributed by atoms with Gasteiger partial charge in [-0.1, -0.05) is 18.2 Å². The molecule has 0 atom stereocenters. The standard InChI is InChI=1S/C24H24N2O6S/c1-30-19-11-9-18(10-12-19)26-33(28,29)20-13-14-23(32-3)21(16-20)25-24(27)15-8-17-6-4-5-7-22(17)31-2/h4-16,26H,1-3H3,(H,25,27)/b15-8+. The van der Waals surface area contributed by atoms with Crippen molar-refractivity contribution in [1.29, 1.82) is 0 Å². The second-order valence-electron chi connectivity index (χ2n) is 6.76. The predicted molar refractivity (Wildman–Crippen MR) is 127 cm³/mol. The number of benzene rings is 3. The van der Waals surface area contributed by atoms with E-state index in [1.165, 1.54) is 38.5 Å². The highest BCUT2D eigenvalue weighted by Crippen LogP contribution is 2.29. The summed E-state index contributed by atoms with van der Waals surface area (Å²) in [5, 5.41) is 2.66. The van der Waals surface area contributed by atoms with E-state index in [1.54, 1.807) is 49.6 Å². The average Bonchev–Trinajstić information content (AvgIpc) is 2.83. The smallest absolute Gasteiger partial charge is 0.261 e. The SMILES string of the molecule is COc1ccc(NS(=O)(=O)c2ccc(OC)c(NC(=O)/C=C/c3ccccc3OC)c2)cc1. The van der Waals surface area contributed by atoms with Crippen molar-refractivity contribution in [2.24, 2.45) is 0 Å². The third-order valence-corrected chi connectivity index (χ3v) is 6.01. The topological polar surface area (TPSA) is 103 Å². The van der Waals surface area contributed by atoms with Crippen LogP contribution in [0.2, 0.25) is 0 Å². The lowest BCUT2D eigenvalue weighted by molar-refractivity contribution is -0.111. The largest absolute Gasteiger partial charge is 0.497 e. The van der Waals surface area contributed by atoms with Crippen LogP contribution in [0.3, 0.4) is 0 Å². The number of rotatable bonds is 9. The van der Waals surface area contributed by atoms with Gasteiger partial charge >= 0.3 is 0 Å². The highest BCUT2D eigenvalue weighted by atomic mass is 32.2. The maximum Gasteiger partial charge on any atom is 0.261 e. The normalized spacial score (nSPS) is 11.1. The monoisotopic (exact) mass is 468 g/mol. The third-order valence-electron chi connectivity index (χ3n) is 4.63. The van der Waals surface area contributed by atoms with Crippen molar-refractivity contribution in [3.05, 3.63) is 78.4 Å². The number of anilines is 2. The quantitative estimate of drug-likeness (QED) is 0.457. The molecule has 0 aromatic heterocycles. The fraction of sp³-hybridized carbons (Fsp3) is 0.125. The Balaban J connectivity index is 1.81. The first-order valence-corrected chi connectivity index (χ1v) is 11.3. The molecule has 0 radical (unpaired) electrons. The Labute approximate surface area is 192 Å². The van der Waals surface area contributed by atoms with Gasteiger partial charge in [-0.2, -0.15) is 0 Å². The summed E-state index contributed by atoms with van der Waals surface area (Å²) in [6.07, 6.45) is 2.93. The molecule has 0 heterocycles. The first-order valence-electron chi connectivity index (χ1n) is 9.83. The van der Waals surface area contributed by atoms with Crippen LogP contribution in [0.1, 0.15) is 5.56 Å². The van der Waals surface area contributed by atoms with Gasteiger partial charge in [0.2, 0.25) is 5.91 Å². The summed E-state index contributed by atoms with van der Waals surface area (Å²) in [7, 11) is 0.588. The fourth-order valence-corrected chi connectivity index (χ4v) is 4.05. The molecule has 0 aliphatic carbocycles. The summed E-state index contributed by atoms with van der Waals surface area (Å²) >= 11 is 0. The molecule has 1 amide bonds. The molecule has 2 N–H and O–H groups in total. The molecule has 0 saturated carbocycles. The van der Waals surface area contributed by atoms with Crippen LogP contribution in [0, 0.1) is 0 Å². The maximum atomic E-state index is 12.9. The maximum absolute atomic E-state index is 12.9. The van der Waals surface area contributed by atoms with E-state index < -0.39 is 15.9 Å². The highest BCUT2D eigenvalue weighted by molar-refractivity contribution is 7.92. The van der Waals surface area contributed by atoms with Gasteiger partial charge in [-0.25, -0.2) is 8.42 Å². The van der Waals surface area contributed by atoms with Crippen LogP contribution in [-0.4, -0.2) is 35.7 Å². The molecule has 9 heteroatoms. The summed E-state index contributed by atoms with van der Waals surface area (Å²) in [6, 6.07) is 17.9. The van der Waals surface area contributed by atoms with Crippen molar-refractivity contribution in [3.63, 3.8) is 0 Å². The number of sulfonamides is 1. The van der Waals surface area contributed by atoms with E-state index in [0.29, 0.717) is 22.9 Å². The Kier molecular flexibility index (Phi) is 7.57. The third kappa shape index (κ3) is 6.05. The molecule has 0 aliphatic heterocycles. The molecule has 0 saturated heterocycles. The van der Waals surface area contributed by atoms with Gasteiger partial charge in [-0.3, -0.25) is 9.52 Å². The zero-order valence-corrected chi connectivity index (χ0v) is 19.2. The van der Waals surface area contributed by atoms with E-state index in [9.17, 15) is 13.2 Å². The lowest BCUT2D eigenvalue weighted by Crippen LogP contribution is -2.14. The van der Waals surface area contributed by atoms with Crippen LogP contribution in [0.5, 0.6) is 17.2 Å². The Bertz CT molecular complexity index is 1250. The van der Waals surface area contributed by atoms with Gasteiger partial charge in [0.05, 0.1) is 31.9 Å². The first-order chi connectivity index (χ1) is 15.9. The molecular formula is C24H24N2O6S. The molecule has 0 spiro atoms. The zero-order chi connectivity index (χ0) is 23.8. The minimum absolute atomic E-state index is 0.0388. The van der Waals surface area contributed by atoms with E-state index in [-0.39, 0.29) is 10.6 Å². The number of methoxy groups -OCH3 is 3. The van der Waals surface area contributed by atoms with Crippen molar-refractivity contribution in [2.45, 2.75) is 4.90 Å². The second kappa shape index (κ2) is 10.6. The van der Waals surface area contributed by atoms with Gasteiger partial charge in [0.15, 0.2) is 0 Å². The predicted octanol–water partition coefficient (Wildman–Crippen LogP) is 4.17. The fourth-order valence-electron chi connectivity index (χ4n) is 2.97. The number of carbonyl (C=O) groups is 1. The molecule has 0 aliphatic rings. The van der Waals surface area contributed by atoms with E-state index in [1.807, 2.05) is 12.1 Å². The molecule has 8 nitrogen and oxygen atoms in total. The van der Waals surface area contributed by atoms with Gasteiger partial charge in [-0.05, 0) is 54.6 Å². The number of amides is 1. The Morgan fingerprint density at radius 3 is 2.21 bits per heavy atom. The van der Waals surface area contributed by atoms with Crippen molar-refractivity contribution in [2.75, 3.05) is 31.4 Å². The molecule has 3 aromatic carbocycles. The lowest BCUT2D eigenvalue weighted by Gasteiger charge is -2.13. The molecule has 3 aromatic rings.